The van der Waals surface area contributed by atoms with Gasteiger partial charge in [-0.2, -0.15) is 0 Å². The number of aryl methyl sites for hydroxylation is 1. The fourth-order valence-corrected chi connectivity index (χ4v) is 2.43. The average Bonchev–Trinajstić information content (AvgIpc) is 2.34. The zero-order valence-corrected chi connectivity index (χ0v) is 10.2. The van der Waals surface area contributed by atoms with Gasteiger partial charge in [0, 0.05) is 24.2 Å². The molecule has 0 bridgehead atoms. The Hall–Kier alpha value is -1.62. The molecule has 1 unspecified atom stereocenters. The highest BCUT2D eigenvalue weighted by Crippen LogP contribution is 2.27. The van der Waals surface area contributed by atoms with Crippen LogP contribution < -0.4 is 10.9 Å². The zero-order chi connectivity index (χ0) is 13.0. The molecule has 1 aromatic rings. The minimum Gasteiger partial charge on any atom is -0.481 e. The Labute approximate surface area is 105 Å². The first kappa shape index (κ1) is 12.8. The van der Waals surface area contributed by atoms with Gasteiger partial charge in [-0.05, 0) is 37.8 Å². The number of H-pyrrole nitrogens is 1. The summed E-state index contributed by atoms with van der Waals surface area (Å²) in [5.74, 6) is -0.759. The number of nitrogens with one attached hydrogen (secondary N) is 2. The molecule has 98 valence electrons. The van der Waals surface area contributed by atoms with Gasteiger partial charge in [-0.25, -0.2) is 0 Å². The molecule has 0 saturated heterocycles. The van der Waals surface area contributed by atoms with E-state index in [4.69, 9.17) is 5.11 Å². The largest absolute Gasteiger partial charge is 0.481 e. The molecule has 5 nitrogen and oxygen atoms in total. The van der Waals surface area contributed by atoms with Crippen LogP contribution in [0.2, 0.25) is 0 Å². The predicted octanol–water partition coefficient (Wildman–Crippen LogP) is 1.21. The number of aromatic amines is 1. The third-order valence-corrected chi connectivity index (χ3v) is 3.29. The Kier molecular flexibility index (Phi) is 4.15. The Morgan fingerprint density at radius 1 is 1.50 bits per heavy atom. The van der Waals surface area contributed by atoms with Crippen LogP contribution in [0.3, 0.4) is 0 Å². The number of aliphatic carboxylic acids is 1. The average molecular weight is 250 g/mol. The SMILES string of the molecule is O=C(O)CCCNC1CCCc2[nH]c(=O)ccc21. The Bertz CT molecular complexity index is 481. The molecule has 1 aliphatic rings. The summed E-state index contributed by atoms with van der Waals surface area (Å²) in [7, 11) is 0. The molecule has 1 aromatic heterocycles. The van der Waals surface area contributed by atoms with Crippen molar-refractivity contribution in [3.05, 3.63) is 33.7 Å². The number of carbonyl (C=O) groups is 1. The minimum atomic E-state index is -0.759. The maximum absolute atomic E-state index is 11.2. The third-order valence-electron chi connectivity index (χ3n) is 3.29. The molecule has 0 spiro atoms. The number of carboxylic acids is 1. The van der Waals surface area contributed by atoms with Gasteiger partial charge in [-0.15, -0.1) is 0 Å². The quantitative estimate of drug-likeness (QED) is 0.686. The van der Waals surface area contributed by atoms with Gasteiger partial charge >= 0.3 is 5.97 Å². The van der Waals surface area contributed by atoms with E-state index in [1.165, 1.54) is 0 Å². The second kappa shape index (κ2) is 5.82. The summed E-state index contributed by atoms with van der Waals surface area (Å²) >= 11 is 0. The Balaban J connectivity index is 1.95. The summed E-state index contributed by atoms with van der Waals surface area (Å²) in [6.45, 7) is 0.690. The molecule has 3 N–H and O–H groups in total. The van der Waals surface area contributed by atoms with E-state index in [1.54, 1.807) is 6.07 Å². The van der Waals surface area contributed by atoms with E-state index >= 15 is 0 Å². The van der Waals surface area contributed by atoms with Crippen molar-refractivity contribution in [3.63, 3.8) is 0 Å². The van der Waals surface area contributed by atoms with E-state index in [2.05, 4.69) is 10.3 Å². The number of pyridine rings is 1. The molecule has 18 heavy (non-hydrogen) atoms. The number of fused-ring (bicyclic) bond motifs is 1. The maximum Gasteiger partial charge on any atom is 0.303 e. The summed E-state index contributed by atoms with van der Waals surface area (Å²) in [6.07, 6.45) is 3.82. The van der Waals surface area contributed by atoms with Crippen LogP contribution in [0.1, 0.15) is 43.0 Å². The lowest BCUT2D eigenvalue weighted by atomic mass is 9.91. The van der Waals surface area contributed by atoms with Crippen LogP contribution in [0.4, 0.5) is 0 Å². The fourth-order valence-electron chi connectivity index (χ4n) is 2.43. The smallest absolute Gasteiger partial charge is 0.303 e. The molecule has 0 aromatic carbocycles. The lowest BCUT2D eigenvalue weighted by Gasteiger charge is -2.25. The second-order valence-corrected chi connectivity index (χ2v) is 4.65. The number of hydrogen-bond acceptors (Lipinski definition) is 3. The monoisotopic (exact) mass is 250 g/mol. The van der Waals surface area contributed by atoms with Crippen LogP contribution in [0, 0.1) is 0 Å². The third kappa shape index (κ3) is 3.20. The van der Waals surface area contributed by atoms with Gasteiger partial charge in [-0.3, -0.25) is 9.59 Å². The summed E-state index contributed by atoms with van der Waals surface area (Å²) in [4.78, 5) is 24.5. The molecule has 0 amide bonds. The van der Waals surface area contributed by atoms with E-state index in [-0.39, 0.29) is 18.0 Å². The number of rotatable bonds is 5. The predicted molar refractivity (Wildman–Crippen MR) is 67.6 cm³/mol. The van der Waals surface area contributed by atoms with Gasteiger partial charge in [0.15, 0.2) is 0 Å². The van der Waals surface area contributed by atoms with Crippen LogP contribution in [0.5, 0.6) is 0 Å². The van der Waals surface area contributed by atoms with E-state index in [1.807, 2.05) is 6.07 Å². The van der Waals surface area contributed by atoms with Crippen molar-refractivity contribution < 1.29 is 9.90 Å². The van der Waals surface area contributed by atoms with Crippen LogP contribution in [0.15, 0.2) is 16.9 Å². The molecular formula is C13H18N2O3. The highest BCUT2D eigenvalue weighted by molar-refractivity contribution is 5.66. The molecule has 0 aliphatic heterocycles. The van der Waals surface area contributed by atoms with Crippen molar-refractivity contribution in [1.29, 1.82) is 0 Å². The minimum absolute atomic E-state index is 0.0553. The first-order chi connectivity index (χ1) is 8.66. The highest BCUT2D eigenvalue weighted by Gasteiger charge is 2.19. The standard InChI is InChI=1S/C13H18N2O3/c16-12-7-6-9-10(3-1-4-11(9)15-12)14-8-2-5-13(17)18/h6-7,10,14H,1-5,8H2,(H,15,16)(H,17,18). The topological polar surface area (TPSA) is 82.2 Å². The molecule has 2 rings (SSSR count). The first-order valence-electron chi connectivity index (χ1n) is 6.34. The summed E-state index contributed by atoms with van der Waals surface area (Å²) < 4.78 is 0. The van der Waals surface area contributed by atoms with Gasteiger partial charge in [-0.1, -0.05) is 6.07 Å². The van der Waals surface area contributed by atoms with Gasteiger partial charge < -0.3 is 15.4 Å². The molecular weight excluding hydrogens is 232 g/mol. The van der Waals surface area contributed by atoms with E-state index in [9.17, 15) is 9.59 Å². The Morgan fingerprint density at radius 3 is 3.11 bits per heavy atom. The van der Waals surface area contributed by atoms with Crippen molar-refractivity contribution >= 4 is 5.97 Å². The number of aromatic nitrogens is 1. The fraction of sp³-hybridized carbons (Fsp3) is 0.538. The molecule has 0 saturated carbocycles. The molecule has 1 heterocycles. The lowest BCUT2D eigenvalue weighted by molar-refractivity contribution is -0.137. The summed E-state index contributed by atoms with van der Waals surface area (Å²) in [5.41, 5.74) is 2.11. The van der Waals surface area contributed by atoms with Crippen LogP contribution in [-0.2, 0) is 11.2 Å². The van der Waals surface area contributed by atoms with Crippen LogP contribution >= 0.6 is 0 Å². The highest BCUT2D eigenvalue weighted by atomic mass is 16.4. The van der Waals surface area contributed by atoms with Crippen molar-refractivity contribution in [3.8, 4) is 0 Å². The van der Waals surface area contributed by atoms with Crippen molar-refractivity contribution in [2.75, 3.05) is 6.54 Å². The van der Waals surface area contributed by atoms with Crippen LogP contribution in [-0.4, -0.2) is 22.6 Å². The van der Waals surface area contributed by atoms with Crippen molar-refractivity contribution in [2.45, 2.75) is 38.1 Å². The van der Waals surface area contributed by atoms with E-state index in [0.29, 0.717) is 13.0 Å². The molecule has 0 radical (unpaired) electrons. The number of hydrogen-bond donors (Lipinski definition) is 3. The van der Waals surface area contributed by atoms with E-state index < -0.39 is 5.97 Å². The molecule has 1 atom stereocenters. The lowest BCUT2D eigenvalue weighted by Crippen LogP contribution is -2.28. The van der Waals surface area contributed by atoms with Gasteiger partial charge in [0.2, 0.25) is 5.56 Å². The first-order valence-corrected chi connectivity index (χ1v) is 6.34. The normalized spacial score (nSPS) is 18.3. The van der Waals surface area contributed by atoms with Gasteiger partial charge in [0.05, 0.1) is 0 Å². The maximum atomic E-state index is 11.2. The molecule has 5 heteroatoms. The zero-order valence-electron chi connectivity index (χ0n) is 10.2. The molecule has 0 fully saturated rings. The van der Waals surface area contributed by atoms with Crippen LogP contribution in [0.25, 0.3) is 0 Å². The summed E-state index contributed by atoms with van der Waals surface area (Å²) in [5, 5.41) is 11.9. The van der Waals surface area contributed by atoms with Crippen molar-refractivity contribution in [2.24, 2.45) is 0 Å². The number of carboxylic acid groups (broad SMARTS) is 1. The summed E-state index contributed by atoms with van der Waals surface area (Å²) in [6, 6.07) is 3.66. The second-order valence-electron chi connectivity index (χ2n) is 4.65. The molecule has 1 aliphatic carbocycles. The van der Waals surface area contributed by atoms with E-state index in [0.717, 1.165) is 30.5 Å². The Morgan fingerprint density at radius 2 is 2.33 bits per heavy atom. The van der Waals surface area contributed by atoms with Gasteiger partial charge in [0.1, 0.15) is 0 Å². The van der Waals surface area contributed by atoms with Gasteiger partial charge in [0.25, 0.3) is 0 Å². The van der Waals surface area contributed by atoms with Crippen molar-refractivity contribution in [1.82, 2.24) is 10.3 Å².